The van der Waals surface area contributed by atoms with Crippen LogP contribution in [0.1, 0.15) is 40.8 Å². The highest BCUT2D eigenvalue weighted by molar-refractivity contribution is 7.07. The SMILES string of the molecule is CCOC(=O)C1=C(c2ccccc2)N=c2s/c(=C\c3cc(Cl)c(OCc4ccccc4C#N)c(OC)c3)c(=O)n2[C@@H]1c1ccc(OC)cc1. The molecule has 2 heterocycles. The zero-order valence-corrected chi connectivity index (χ0v) is 28.4. The van der Waals surface area contributed by atoms with E-state index < -0.39 is 12.0 Å². The van der Waals surface area contributed by atoms with Crippen LogP contribution in [-0.2, 0) is 16.1 Å². The largest absolute Gasteiger partial charge is 0.497 e. The topological polar surface area (TPSA) is 112 Å². The Bertz CT molecular complexity index is 2290. The Balaban J connectivity index is 1.49. The van der Waals surface area contributed by atoms with Gasteiger partial charge in [-0.25, -0.2) is 9.79 Å². The number of halogens is 1. The van der Waals surface area contributed by atoms with E-state index in [-0.39, 0.29) is 29.4 Å². The van der Waals surface area contributed by atoms with Crippen LogP contribution >= 0.6 is 22.9 Å². The molecule has 0 saturated heterocycles. The third-order valence-corrected chi connectivity index (χ3v) is 9.13. The zero-order chi connectivity index (χ0) is 34.5. The van der Waals surface area contributed by atoms with Crippen LogP contribution in [0.5, 0.6) is 17.2 Å². The first-order valence-corrected chi connectivity index (χ1v) is 16.5. The van der Waals surface area contributed by atoms with Crippen LogP contribution < -0.4 is 29.1 Å². The van der Waals surface area contributed by atoms with E-state index in [1.165, 1.54) is 23.0 Å². The molecule has 0 fully saturated rings. The van der Waals surface area contributed by atoms with Crippen LogP contribution in [-0.4, -0.2) is 31.4 Å². The molecule has 6 rings (SSSR count). The maximum Gasteiger partial charge on any atom is 0.338 e. The van der Waals surface area contributed by atoms with Crippen molar-refractivity contribution in [2.24, 2.45) is 4.99 Å². The van der Waals surface area contributed by atoms with E-state index in [0.29, 0.717) is 60.1 Å². The van der Waals surface area contributed by atoms with Crippen molar-refractivity contribution >= 4 is 40.7 Å². The number of hydrogen-bond acceptors (Lipinski definition) is 9. The van der Waals surface area contributed by atoms with Gasteiger partial charge in [-0.2, -0.15) is 5.26 Å². The number of rotatable bonds is 10. The molecular formula is C38H30ClN3O6S. The Labute approximate surface area is 291 Å². The van der Waals surface area contributed by atoms with Gasteiger partial charge in [0, 0.05) is 11.1 Å². The predicted molar refractivity (Wildman–Crippen MR) is 188 cm³/mol. The van der Waals surface area contributed by atoms with Crippen molar-refractivity contribution in [2.75, 3.05) is 20.8 Å². The van der Waals surface area contributed by atoms with Crippen molar-refractivity contribution in [3.05, 3.63) is 149 Å². The van der Waals surface area contributed by atoms with Crippen LogP contribution in [0.25, 0.3) is 11.8 Å². The van der Waals surface area contributed by atoms with Crippen LogP contribution in [0.3, 0.4) is 0 Å². The second-order valence-electron chi connectivity index (χ2n) is 10.8. The summed E-state index contributed by atoms with van der Waals surface area (Å²) in [5, 5.41) is 9.71. The smallest absolute Gasteiger partial charge is 0.338 e. The van der Waals surface area contributed by atoms with Gasteiger partial charge < -0.3 is 18.9 Å². The molecule has 49 heavy (non-hydrogen) atoms. The van der Waals surface area contributed by atoms with Crippen molar-refractivity contribution in [3.63, 3.8) is 0 Å². The second-order valence-corrected chi connectivity index (χ2v) is 12.2. The van der Waals surface area contributed by atoms with Crippen LogP contribution in [0.4, 0.5) is 0 Å². The number of carbonyl (C=O) groups is 1. The van der Waals surface area contributed by atoms with Gasteiger partial charge in [0.2, 0.25) is 0 Å². The molecule has 4 aromatic carbocycles. The minimum atomic E-state index is -0.830. The summed E-state index contributed by atoms with van der Waals surface area (Å²) in [6.45, 7) is 1.99. The van der Waals surface area contributed by atoms with Gasteiger partial charge >= 0.3 is 5.97 Å². The number of benzene rings is 4. The second kappa shape index (κ2) is 14.6. The molecule has 5 aromatic rings. The normalized spacial score (nSPS) is 14.0. The van der Waals surface area contributed by atoms with Crippen molar-refractivity contribution in [1.82, 2.24) is 4.57 Å². The molecule has 0 aliphatic carbocycles. The first-order chi connectivity index (χ1) is 23.9. The fourth-order valence-electron chi connectivity index (χ4n) is 5.56. The van der Waals surface area contributed by atoms with E-state index in [4.69, 9.17) is 35.5 Å². The highest BCUT2D eigenvalue weighted by atomic mass is 35.5. The number of ether oxygens (including phenoxy) is 4. The van der Waals surface area contributed by atoms with Gasteiger partial charge in [-0.1, -0.05) is 83.6 Å². The summed E-state index contributed by atoms with van der Waals surface area (Å²) >= 11 is 7.90. The zero-order valence-electron chi connectivity index (χ0n) is 26.8. The molecule has 11 heteroatoms. The summed E-state index contributed by atoms with van der Waals surface area (Å²) in [5.74, 6) is 0.730. The lowest BCUT2D eigenvalue weighted by molar-refractivity contribution is -0.138. The lowest BCUT2D eigenvalue weighted by Crippen LogP contribution is -2.40. The van der Waals surface area contributed by atoms with Crippen molar-refractivity contribution in [3.8, 4) is 23.3 Å². The van der Waals surface area contributed by atoms with Gasteiger partial charge in [0.15, 0.2) is 16.3 Å². The van der Waals surface area contributed by atoms with Crippen molar-refractivity contribution in [1.29, 1.82) is 5.26 Å². The summed E-state index contributed by atoms with van der Waals surface area (Å²) < 4.78 is 24.4. The first-order valence-electron chi connectivity index (χ1n) is 15.3. The summed E-state index contributed by atoms with van der Waals surface area (Å²) in [4.78, 5) is 33.3. The average molecular weight is 692 g/mol. The van der Waals surface area contributed by atoms with Gasteiger partial charge in [-0.05, 0) is 54.5 Å². The van der Waals surface area contributed by atoms with Gasteiger partial charge in [0.05, 0.1) is 59.3 Å². The number of nitriles is 1. The molecule has 0 saturated carbocycles. The van der Waals surface area contributed by atoms with Crippen LogP contribution in [0, 0.1) is 11.3 Å². The summed E-state index contributed by atoms with van der Waals surface area (Å²) in [5.41, 5.74) is 3.53. The van der Waals surface area contributed by atoms with E-state index in [1.807, 2.05) is 54.6 Å². The number of aromatic nitrogens is 1. The molecule has 1 aromatic heterocycles. The third-order valence-electron chi connectivity index (χ3n) is 7.86. The molecule has 0 unspecified atom stereocenters. The molecule has 9 nitrogen and oxygen atoms in total. The molecule has 0 radical (unpaired) electrons. The fourth-order valence-corrected chi connectivity index (χ4v) is 6.84. The predicted octanol–water partition coefficient (Wildman–Crippen LogP) is 6.06. The number of hydrogen-bond donors (Lipinski definition) is 0. The molecule has 1 aliphatic heterocycles. The quantitative estimate of drug-likeness (QED) is 0.164. The molecule has 0 bridgehead atoms. The Morgan fingerprint density at radius 1 is 1.02 bits per heavy atom. The minimum Gasteiger partial charge on any atom is -0.497 e. The Hall–Kier alpha value is -5.63. The van der Waals surface area contributed by atoms with Gasteiger partial charge in [-0.15, -0.1) is 0 Å². The highest BCUT2D eigenvalue weighted by Gasteiger charge is 2.35. The molecule has 0 N–H and O–H groups in total. The summed E-state index contributed by atoms with van der Waals surface area (Å²) in [7, 11) is 3.07. The van der Waals surface area contributed by atoms with E-state index >= 15 is 0 Å². The monoisotopic (exact) mass is 691 g/mol. The third kappa shape index (κ3) is 6.72. The number of esters is 1. The average Bonchev–Trinajstić information content (AvgIpc) is 3.44. The van der Waals surface area contributed by atoms with Crippen LogP contribution in [0.15, 0.2) is 106 Å². The van der Waals surface area contributed by atoms with E-state index in [2.05, 4.69) is 6.07 Å². The molecular weight excluding hydrogens is 662 g/mol. The first kappa shape index (κ1) is 33.3. The van der Waals surface area contributed by atoms with Crippen molar-refractivity contribution < 1.29 is 23.7 Å². The summed E-state index contributed by atoms with van der Waals surface area (Å²) in [6, 6.07) is 28.4. The fraction of sp³-hybridized carbons (Fsp3) is 0.158. The van der Waals surface area contributed by atoms with Crippen LogP contribution in [0.2, 0.25) is 5.02 Å². The van der Waals surface area contributed by atoms with Gasteiger partial charge in [0.25, 0.3) is 5.56 Å². The number of methoxy groups -OCH3 is 2. The number of carbonyl (C=O) groups excluding carboxylic acids is 1. The highest BCUT2D eigenvalue weighted by Crippen LogP contribution is 2.38. The lowest BCUT2D eigenvalue weighted by Gasteiger charge is -2.26. The number of thiazole rings is 1. The summed E-state index contributed by atoms with van der Waals surface area (Å²) in [6.07, 6.45) is 1.70. The molecule has 1 aliphatic rings. The lowest BCUT2D eigenvalue weighted by atomic mass is 9.93. The maximum atomic E-state index is 14.3. The van der Waals surface area contributed by atoms with Crippen molar-refractivity contribution in [2.45, 2.75) is 19.6 Å². The number of nitrogens with zero attached hydrogens (tertiary/aromatic N) is 3. The maximum absolute atomic E-state index is 14.3. The minimum absolute atomic E-state index is 0.107. The molecule has 1 atom stereocenters. The van der Waals surface area contributed by atoms with E-state index in [9.17, 15) is 14.9 Å². The molecule has 0 spiro atoms. The Morgan fingerprint density at radius 2 is 1.76 bits per heavy atom. The standard InChI is InChI=1S/C38H30ClN3O6S/c1-4-47-37(44)32-33(24-10-6-5-7-11-24)41-38-42(34(32)25-14-16-28(45-2)17-15-25)36(43)31(49-38)20-23-18-29(39)35(30(19-23)46-3)48-22-27-13-9-8-12-26(27)21-40/h5-20,34H,4,22H2,1-3H3/b31-20-/t34-/m1/s1. The van der Waals surface area contributed by atoms with Gasteiger partial charge in [0.1, 0.15) is 12.4 Å². The van der Waals surface area contributed by atoms with E-state index in [0.717, 1.165) is 0 Å². The number of fused-ring (bicyclic) bond motifs is 1. The van der Waals surface area contributed by atoms with Gasteiger partial charge in [-0.3, -0.25) is 9.36 Å². The Kier molecular flexibility index (Phi) is 9.95. The molecule has 246 valence electrons. The van der Waals surface area contributed by atoms with E-state index in [1.54, 1.807) is 56.5 Å². The Morgan fingerprint density at radius 3 is 2.45 bits per heavy atom. The molecule has 0 amide bonds.